The number of hydrogen-bond acceptors (Lipinski definition) is 2. The van der Waals surface area contributed by atoms with Gasteiger partial charge in [-0.05, 0) is 41.4 Å². The fourth-order valence-electron chi connectivity index (χ4n) is 1.83. The summed E-state index contributed by atoms with van der Waals surface area (Å²) in [4.78, 5) is 23.2. The molecule has 0 heterocycles. The van der Waals surface area contributed by atoms with Crippen molar-refractivity contribution >= 4 is 49.5 Å². The summed E-state index contributed by atoms with van der Waals surface area (Å²) >= 11 is 6.50. The highest BCUT2D eigenvalue weighted by Gasteiger charge is 2.17. The number of halogens is 2. The van der Waals surface area contributed by atoms with Crippen LogP contribution in [0.15, 0.2) is 21.1 Å². The van der Waals surface area contributed by atoms with Gasteiger partial charge in [-0.1, -0.05) is 35.7 Å². The third-order valence-corrected chi connectivity index (χ3v) is 3.98. The molecule has 0 aliphatic heterocycles. The van der Waals surface area contributed by atoms with Gasteiger partial charge in [0.15, 0.2) is 0 Å². The molecule has 0 saturated heterocycles. The third kappa shape index (κ3) is 5.67. The summed E-state index contributed by atoms with van der Waals surface area (Å²) in [6.07, 6.45) is 2.98. The molecule has 0 fully saturated rings. The minimum Gasteiger partial charge on any atom is -0.478 e. The van der Waals surface area contributed by atoms with Gasteiger partial charge in [-0.2, -0.15) is 0 Å². The Bertz CT molecular complexity index is 535. The maximum atomic E-state index is 12.0. The molecule has 1 rings (SSSR count). The Morgan fingerprint density at radius 1 is 1.33 bits per heavy atom. The van der Waals surface area contributed by atoms with E-state index in [1.165, 1.54) is 6.07 Å². The lowest BCUT2D eigenvalue weighted by molar-refractivity contribution is 0.0698. The van der Waals surface area contributed by atoms with Crippen molar-refractivity contribution in [2.45, 2.75) is 39.2 Å². The second-order valence-electron chi connectivity index (χ2n) is 4.76. The Hall–Kier alpha value is -1.08. The van der Waals surface area contributed by atoms with Crippen LogP contribution in [0, 0.1) is 0 Å². The fourth-order valence-corrected chi connectivity index (χ4v) is 3.15. The number of benzene rings is 1. The molecule has 0 aliphatic carbocycles. The lowest BCUT2D eigenvalue weighted by Gasteiger charge is -2.16. The molecule has 2 amide bonds. The van der Waals surface area contributed by atoms with Gasteiger partial charge in [0, 0.05) is 15.0 Å². The Kier molecular flexibility index (Phi) is 7.17. The van der Waals surface area contributed by atoms with Crippen molar-refractivity contribution in [1.29, 1.82) is 0 Å². The molecule has 1 atom stereocenters. The minimum absolute atomic E-state index is 0.0209. The van der Waals surface area contributed by atoms with Crippen molar-refractivity contribution in [1.82, 2.24) is 5.32 Å². The van der Waals surface area contributed by atoms with Gasteiger partial charge in [0.1, 0.15) is 0 Å². The van der Waals surface area contributed by atoms with E-state index >= 15 is 0 Å². The SMILES string of the molecule is CCCCC(C)NC(=O)Nc1c(Br)cc(Br)cc1C(=O)O. The first-order valence-electron chi connectivity index (χ1n) is 6.65. The van der Waals surface area contributed by atoms with E-state index in [0.717, 1.165) is 19.3 Å². The van der Waals surface area contributed by atoms with Crippen LogP contribution in [0.25, 0.3) is 0 Å². The first kappa shape index (κ1) is 18.0. The van der Waals surface area contributed by atoms with E-state index in [0.29, 0.717) is 8.95 Å². The highest BCUT2D eigenvalue weighted by Crippen LogP contribution is 2.30. The van der Waals surface area contributed by atoms with Crippen LogP contribution in [0.1, 0.15) is 43.5 Å². The van der Waals surface area contributed by atoms with Crippen LogP contribution in [0.5, 0.6) is 0 Å². The van der Waals surface area contributed by atoms with Gasteiger partial charge in [-0.3, -0.25) is 0 Å². The van der Waals surface area contributed by atoms with Crippen molar-refractivity contribution in [2.75, 3.05) is 5.32 Å². The topological polar surface area (TPSA) is 78.4 Å². The average molecular weight is 422 g/mol. The normalized spacial score (nSPS) is 11.8. The molecule has 116 valence electrons. The molecular formula is C14H18Br2N2O3. The van der Waals surface area contributed by atoms with Crippen molar-refractivity contribution < 1.29 is 14.7 Å². The van der Waals surface area contributed by atoms with Crippen LogP contribution >= 0.6 is 31.9 Å². The average Bonchev–Trinajstić information content (AvgIpc) is 2.38. The largest absolute Gasteiger partial charge is 0.478 e. The molecule has 0 radical (unpaired) electrons. The van der Waals surface area contributed by atoms with E-state index < -0.39 is 12.0 Å². The van der Waals surface area contributed by atoms with Crippen molar-refractivity contribution in [3.63, 3.8) is 0 Å². The molecule has 0 aromatic heterocycles. The molecule has 0 aliphatic rings. The highest BCUT2D eigenvalue weighted by atomic mass is 79.9. The number of carboxylic acid groups (broad SMARTS) is 1. The predicted molar refractivity (Wildman–Crippen MR) is 89.9 cm³/mol. The Balaban J connectivity index is 2.83. The lowest BCUT2D eigenvalue weighted by atomic mass is 10.1. The summed E-state index contributed by atoms with van der Waals surface area (Å²) in [5.74, 6) is -1.11. The number of carbonyl (C=O) groups excluding carboxylic acids is 1. The number of carboxylic acids is 1. The molecule has 0 bridgehead atoms. The molecule has 21 heavy (non-hydrogen) atoms. The van der Waals surface area contributed by atoms with E-state index in [2.05, 4.69) is 49.4 Å². The van der Waals surface area contributed by atoms with E-state index in [1.54, 1.807) is 6.07 Å². The summed E-state index contributed by atoms with van der Waals surface area (Å²) < 4.78 is 1.12. The number of amides is 2. The Labute approximate surface area is 140 Å². The van der Waals surface area contributed by atoms with Crippen LogP contribution in [-0.4, -0.2) is 23.1 Å². The number of carbonyl (C=O) groups is 2. The number of unbranched alkanes of at least 4 members (excludes halogenated alkanes) is 1. The van der Waals surface area contributed by atoms with Crippen molar-refractivity contribution in [3.8, 4) is 0 Å². The Morgan fingerprint density at radius 2 is 2.00 bits per heavy atom. The van der Waals surface area contributed by atoms with E-state index in [1.807, 2.05) is 6.92 Å². The molecule has 5 nitrogen and oxygen atoms in total. The van der Waals surface area contributed by atoms with Crippen molar-refractivity contribution in [3.05, 3.63) is 26.6 Å². The number of nitrogens with one attached hydrogen (secondary N) is 2. The molecular weight excluding hydrogens is 404 g/mol. The quantitative estimate of drug-likeness (QED) is 0.627. The van der Waals surface area contributed by atoms with Gasteiger partial charge < -0.3 is 15.7 Å². The van der Waals surface area contributed by atoms with Gasteiger partial charge in [-0.25, -0.2) is 9.59 Å². The molecule has 1 aromatic rings. The standard InChI is InChI=1S/C14H18Br2N2O3/c1-3-4-5-8(2)17-14(21)18-12-10(13(19)20)6-9(15)7-11(12)16/h6-8H,3-5H2,1-2H3,(H,19,20)(H2,17,18,21). The highest BCUT2D eigenvalue weighted by molar-refractivity contribution is 9.11. The second kappa shape index (κ2) is 8.38. The second-order valence-corrected chi connectivity index (χ2v) is 6.53. The minimum atomic E-state index is -1.11. The smallest absolute Gasteiger partial charge is 0.337 e. The van der Waals surface area contributed by atoms with Gasteiger partial charge in [-0.15, -0.1) is 0 Å². The lowest BCUT2D eigenvalue weighted by Crippen LogP contribution is -2.36. The number of anilines is 1. The maximum absolute atomic E-state index is 12.0. The van der Waals surface area contributed by atoms with Gasteiger partial charge in [0.05, 0.1) is 11.3 Å². The number of aromatic carboxylic acids is 1. The number of rotatable bonds is 6. The number of urea groups is 1. The van der Waals surface area contributed by atoms with Gasteiger partial charge >= 0.3 is 12.0 Å². The first-order valence-corrected chi connectivity index (χ1v) is 8.23. The zero-order valence-electron chi connectivity index (χ0n) is 11.9. The zero-order valence-corrected chi connectivity index (χ0v) is 15.0. The number of hydrogen-bond donors (Lipinski definition) is 3. The van der Waals surface area contributed by atoms with E-state index in [-0.39, 0.29) is 17.3 Å². The molecule has 7 heteroatoms. The van der Waals surface area contributed by atoms with Crippen LogP contribution in [0.3, 0.4) is 0 Å². The molecule has 1 aromatic carbocycles. The first-order chi connectivity index (χ1) is 9.85. The van der Waals surface area contributed by atoms with Gasteiger partial charge in [0.25, 0.3) is 0 Å². The maximum Gasteiger partial charge on any atom is 0.337 e. The fraction of sp³-hybridized carbons (Fsp3) is 0.429. The Morgan fingerprint density at radius 3 is 2.57 bits per heavy atom. The van der Waals surface area contributed by atoms with Crippen LogP contribution in [0.2, 0.25) is 0 Å². The summed E-state index contributed by atoms with van der Waals surface area (Å²) in [5, 5.41) is 14.6. The molecule has 0 saturated carbocycles. The van der Waals surface area contributed by atoms with Crippen LogP contribution in [-0.2, 0) is 0 Å². The molecule has 0 spiro atoms. The van der Waals surface area contributed by atoms with E-state index in [9.17, 15) is 14.7 Å². The summed E-state index contributed by atoms with van der Waals surface area (Å²) in [6.45, 7) is 4.01. The zero-order chi connectivity index (χ0) is 16.0. The molecule has 1 unspecified atom stereocenters. The summed E-state index contributed by atoms with van der Waals surface area (Å²) in [7, 11) is 0. The molecule has 3 N–H and O–H groups in total. The van der Waals surface area contributed by atoms with Gasteiger partial charge in [0.2, 0.25) is 0 Å². The van der Waals surface area contributed by atoms with E-state index in [4.69, 9.17) is 0 Å². The van der Waals surface area contributed by atoms with Crippen LogP contribution in [0.4, 0.5) is 10.5 Å². The van der Waals surface area contributed by atoms with Crippen LogP contribution < -0.4 is 10.6 Å². The third-order valence-electron chi connectivity index (χ3n) is 2.89. The summed E-state index contributed by atoms with van der Waals surface area (Å²) in [6, 6.07) is 2.75. The van der Waals surface area contributed by atoms with Crippen molar-refractivity contribution in [2.24, 2.45) is 0 Å². The summed E-state index contributed by atoms with van der Waals surface area (Å²) in [5.41, 5.74) is 0.263. The predicted octanol–water partition coefficient (Wildman–Crippen LogP) is 4.61. The monoisotopic (exact) mass is 420 g/mol.